The van der Waals surface area contributed by atoms with Crippen LogP contribution < -0.4 is 19.5 Å². The van der Waals surface area contributed by atoms with E-state index in [-0.39, 0.29) is 18.2 Å². The summed E-state index contributed by atoms with van der Waals surface area (Å²) >= 11 is 0. The van der Waals surface area contributed by atoms with Gasteiger partial charge in [0.2, 0.25) is 0 Å². The smallest absolute Gasteiger partial charge is 0.160 e. The van der Waals surface area contributed by atoms with Gasteiger partial charge in [-0.3, -0.25) is 0 Å². The Balaban J connectivity index is 0.00000288. The van der Waals surface area contributed by atoms with Crippen molar-refractivity contribution in [1.29, 1.82) is 0 Å². The van der Waals surface area contributed by atoms with Crippen LogP contribution in [0.4, 0.5) is 0 Å². The van der Waals surface area contributed by atoms with Gasteiger partial charge < -0.3 is 24.6 Å². The minimum atomic E-state index is 0. The molecule has 24 heavy (non-hydrogen) atoms. The second-order valence-electron chi connectivity index (χ2n) is 5.12. The monoisotopic (exact) mass is 353 g/mol. The number of nitrogens with one attached hydrogen (secondary N) is 1. The number of halogens is 1. The molecule has 0 atom stereocenters. The summed E-state index contributed by atoms with van der Waals surface area (Å²) in [6, 6.07) is 11.3. The van der Waals surface area contributed by atoms with Crippen molar-refractivity contribution in [1.82, 2.24) is 5.32 Å². The molecule has 0 aliphatic rings. The van der Waals surface area contributed by atoms with Gasteiger partial charge >= 0.3 is 0 Å². The van der Waals surface area contributed by atoms with Crippen molar-refractivity contribution in [3.63, 3.8) is 0 Å². The number of aromatic hydroxyl groups is 1. The standard InChI is InChI=1S/C18H23NO4.ClH/c1-21-16-7-5-13(10-18(16)23-3)8-9-19-12-14-4-6-15(20)17(11-14)22-2;/h4-7,10-11,19-20H,8-9,12H2,1-3H3;1H. The van der Waals surface area contributed by atoms with Crippen LogP contribution in [0.15, 0.2) is 36.4 Å². The third kappa shape index (κ3) is 5.22. The van der Waals surface area contributed by atoms with Crippen molar-refractivity contribution in [2.75, 3.05) is 27.9 Å². The van der Waals surface area contributed by atoms with Crippen LogP contribution in [0.3, 0.4) is 0 Å². The van der Waals surface area contributed by atoms with Crippen molar-refractivity contribution in [3.8, 4) is 23.0 Å². The second-order valence-corrected chi connectivity index (χ2v) is 5.12. The summed E-state index contributed by atoms with van der Waals surface area (Å²) in [6.45, 7) is 1.54. The largest absolute Gasteiger partial charge is 0.504 e. The maximum atomic E-state index is 9.58. The van der Waals surface area contributed by atoms with E-state index in [1.807, 2.05) is 30.3 Å². The molecule has 0 aliphatic heterocycles. The highest BCUT2D eigenvalue weighted by Crippen LogP contribution is 2.28. The van der Waals surface area contributed by atoms with Crippen LogP contribution in [0.5, 0.6) is 23.0 Å². The van der Waals surface area contributed by atoms with Crippen molar-refractivity contribution in [3.05, 3.63) is 47.5 Å². The highest BCUT2D eigenvalue weighted by atomic mass is 35.5. The van der Waals surface area contributed by atoms with E-state index >= 15 is 0 Å². The SMILES string of the molecule is COc1cc(CNCCc2ccc(OC)c(OC)c2)ccc1O.Cl. The molecule has 0 saturated carbocycles. The molecule has 6 heteroatoms. The van der Waals surface area contributed by atoms with Crippen molar-refractivity contribution >= 4 is 12.4 Å². The lowest BCUT2D eigenvalue weighted by Gasteiger charge is -2.10. The molecule has 2 rings (SSSR count). The number of hydrogen-bond donors (Lipinski definition) is 2. The summed E-state index contributed by atoms with van der Waals surface area (Å²) in [5, 5.41) is 13.0. The molecule has 0 bridgehead atoms. The fraction of sp³-hybridized carbons (Fsp3) is 0.333. The molecule has 0 aliphatic carbocycles. The molecule has 2 N–H and O–H groups in total. The molecule has 5 nitrogen and oxygen atoms in total. The van der Waals surface area contributed by atoms with Gasteiger partial charge in [0.05, 0.1) is 21.3 Å². The lowest BCUT2D eigenvalue weighted by Crippen LogP contribution is -2.16. The molecule has 0 radical (unpaired) electrons. The summed E-state index contributed by atoms with van der Waals surface area (Å²) in [5.74, 6) is 2.12. The van der Waals surface area contributed by atoms with Gasteiger partial charge in [-0.25, -0.2) is 0 Å². The second kappa shape index (κ2) is 9.90. The van der Waals surface area contributed by atoms with Gasteiger partial charge in [-0.2, -0.15) is 0 Å². The van der Waals surface area contributed by atoms with Crippen molar-refractivity contribution < 1.29 is 19.3 Å². The fourth-order valence-electron chi connectivity index (χ4n) is 2.33. The van der Waals surface area contributed by atoms with Crippen LogP contribution in [0.25, 0.3) is 0 Å². The summed E-state index contributed by atoms with van der Waals surface area (Å²) < 4.78 is 15.6. The molecule has 2 aromatic carbocycles. The zero-order valence-corrected chi connectivity index (χ0v) is 15.0. The van der Waals surface area contributed by atoms with Crippen LogP contribution in [0.1, 0.15) is 11.1 Å². The fourth-order valence-corrected chi connectivity index (χ4v) is 2.33. The molecule has 0 amide bonds. The molecular formula is C18H24ClNO4. The first kappa shape index (κ1) is 19.9. The van der Waals surface area contributed by atoms with Gasteiger partial charge in [0.1, 0.15) is 0 Å². The quantitative estimate of drug-likeness (QED) is 0.714. The van der Waals surface area contributed by atoms with Gasteiger partial charge in [0.25, 0.3) is 0 Å². The number of benzene rings is 2. The average molecular weight is 354 g/mol. The number of ether oxygens (including phenoxy) is 3. The number of phenols is 1. The highest BCUT2D eigenvalue weighted by Gasteiger charge is 2.05. The summed E-state index contributed by atoms with van der Waals surface area (Å²) in [6.07, 6.45) is 0.884. The first-order valence-electron chi connectivity index (χ1n) is 7.45. The zero-order chi connectivity index (χ0) is 16.7. The van der Waals surface area contributed by atoms with Crippen LogP contribution in [0, 0.1) is 0 Å². The molecule has 0 unspecified atom stereocenters. The van der Waals surface area contributed by atoms with E-state index in [4.69, 9.17) is 14.2 Å². The van der Waals surface area contributed by atoms with E-state index in [9.17, 15) is 5.11 Å². The lowest BCUT2D eigenvalue weighted by atomic mass is 10.1. The Hall–Kier alpha value is -2.11. The molecular weight excluding hydrogens is 330 g/mol. The Labute approximate surface area is 149 Å². The lowest BCUT2D eigenvalue weighted by molar-refractivity contribution is 0.354. The topological polar surface area (TPSA) is 60.0 Å². The summed E-state index contributed by atoms with van der Waals surface area (Å²) in [4.78, 5) is 0. The van der Waals surface area contributed by atoms with Crippen molar-refractivity contribution in [2.45, 2.75) is 13.0 Å². The van der Waals surface area contributed by atoms with E-state index in [0.717, 1.165) is 30.0 Å². The van der Waals surface area contributed by atoms with E-state index < -0.39 is 0 Å². The highest BCUT2D eigenvalue weighted by molar-refractivity contribution is 5.85. The summed E-state index contributed by atoms with van der Waals surface area (Å²) in [7, 11) is 4.81. The van der Waals surface area contributed by atoms with Crippen LogP contribution in [0.2, 0.25) is 0 Å². The van der Waals surface area contributed by atoms with E-state index in [0.29, 0.717) is 12.3 Å². The Morgan fingerprint density at radius 1 is 0.833 bits per heavy atom. The minimum Gasteiger partial charge on any atom is -0.504 e. The Morgan fingerprint density at radius 3 is 2.12 bits per heavy atom. The maximum Gasteiger partial charge on any atom is 0.160 e. The third-order valence-corrected chi connectivity index (χ3v) is 3.61. The maximum absolute atomic E-state index is 9.58. The Bertz CT molecular complexity index is 649. The van der Waals surface area contributed by atoms with E-state index in [1.165, 1.54) is 5.56 Å². The predicted molar refractivity (Wildman–Crippen MR) is 96.9 cm³/mol. The third-order valence-electron chi connectivity index (χ3n) is 3.61. The van der Waals surface area contributed by atoms with E-state index in [1.54, 1.807) is 27.4 Å². The van der Waals surface area contributed by atoms with Gasteiger partial charge in [0.15, 0.2) is 23.0 Å². The molecule has 0 saturated heterocycles. The van der Waals surface area contributed by atoms with Crippen LogP contribution in [-0.2, 0) is 13.0 Å². The summed E-state index contributed by atoms with van der Waals surface area (Å²) in [5.41, 5.74) is 2.24. The molecule has 0 aromatic heterocycles. The van der Waals surface area contributed by atoms with Gasteiger partial charge in [0, 0.05) is 6.54 Å². The first-order valence-corrected chi connectivity index (χ1v) is 7.45. The molecule has 0 fully saturated rings. The predicted octanol–water partition coefficient (Wildman–Crippen LogP) is 3.17. The average Bonchev–Trinajstić information content (AvgIpc) is 2.59. The molecule has 0 spiro atoms. The zero-order valence-electron chi connectivity index (χ0n) is 14.2. The first-order chi connectivity index (χ1) is 11.2. The van der Waals surface area contributed by atoms with E-state index in [2.05, 4.69) is 5.32 Å². The van der Waals surface area contributed by atoms with Crippen LogP contribution >= 0.6 is 12.4 Å². The van der Waals surface area contributed by atoms with Crippen molar-refractivity contribution in [2.24, 2.45) is 0 Å². The molecule has 2 aromatic rings. The minimum absolute atomic E-state index is 0. The number of methoxy groups -OCH3 is 3. The van der Waals surface area contributed by atoms with Gasteiger partial charge in [-0.15, -0.1) is 12.4 Å². The molecule has 132 valence electrons. The normalized spacial score (nSPS) is 9.96. The van der Waals surface area contributed by atoms with Gasteiger partial charge in [-0.1, -0.05) is 12.1 Å². The Morgan fingerprint density at radius 2 is 1.46 bits per heavy atom. The number of hydrogen-bond acceptors (Lipinski definition) is 5. The number of rotatable bonds is 8. The molecule has 0 heterocycles. The van der Waals surface area contributed by atoms with Gasteiger partial charge in [-0.05, 0) is 48.4 Å². The van der Waals surface area contributed by atoms with Crippen LogP contribution in [-0.4, -0.2) is 33.0 Å². The Kier molecular flexibility index (Phi) is 8.22. The number of phenolic OH excluding ortho intramolecular Hbond substituents is 1.